The Kier molecular flexibility index (Phi) is 7.91. The molecular weight excluding hydrogens is 240 g/mol. The maximum atomic E-state index is 9.81. The summed E-state index contributed by atoms with van der Waals surface area (Å²) in [5, 5.41) is 13.2. The van der Waals surface area contributed by atoms with E-state index < -0.39 is 0 Å². The van der Waals surface area contributed by atoms with E-state index in [9.17, 15) is 5.11 Å². The molecule has 1 atom stereocenters. The first-order chi connectivity index (χ1) is 9.06. The highest BCUT2D eigenvalue weighted by molar-refractivity contribution is 4.83. The van der Waals surface area contributed by atoms with Crippen molar-refractivity contribution in [3.63, 3.8) is 0 Å². The summed E-state index contributed by atoms with van der Waals surface area (Å²) in [5.74, 6) is 0. The molecule has 0 radical (unpaired) electrons. The van der Waals surface area contributed by atoms with Crippen molar-refractivity contribution >= 4 is 0 Å². The molecule has 2 N–H and O–H groups in total. The van der Waals surface area contributed by atoms with Crippen LogP contribution in [0.3, 0.4) is 0 Å². The highest BCUT2D eigenvalue weighted by Crippen LogP contribution is 2.29. The standard InChI is InChI=1S/C15H32N2O2/c1-4-5-10-19-12-14(18)11-16-13-15(2)6-8-17(3)9-7-15/h14,16,18H,4-13H2,1-3H3. The van der Waals surface area contributed by atoms with Crippen LogP contribution in [0.4, 0.5) is 0 Å². The molecule has 4 nitrogen and oxygen atoms in total. The van der Waals surface area contributed by atoms with Gasteiger partial charge in [-0.2, -0.15) is 0 Å². The summed E-state index contributed by atoms with van der Waals surface area (Å²) < 4.78 is 5.42. The first-order valence-corrected chi connectivity index (χ1v) is 7.71. The second kappa shape index (κ2) is 8.90. The van der Waals surface area contributed by atoms with E-state index in [1.54, 1.807) is 0 Å². The van der Waals surface area contributed by atoms with E-state index in [0.717, 1.165) is 26.0 Å². The van der Waals surface area contributed by atoms with Gasteiger partial charge >= 0.3 is 0 Å². The Hall–Kier alpha value is -0.160. The van der Waals surface area contributed by atoms with Crippen LogP contribution in [0, 0.1) is 5.41 Å². The van der Waals surface area contributed by atoms with Gasteiger partial charge in [-0.1, -0.05) is 20.3 Å². The fourth-order valence-corrected chi connectivity index (χ4v) is 2.40. The number of unbranched alkanes of at least 4 members (excludes halogenated alkanes) is 1. The van der Waals surface area contributed by atoms with Gasteiger partial charge < -0.3 is 20.1 Å². The van der Waals surface area contributed by atoms with Crippen molar-refractivity contribution in [3.05, 3.63) is 0 Å². The first kappa shape index (κ1) is 16.9. The van der Waals surface area contributed by atoms with Gasteiger partial charge in [-0.05, 0) is 44.8 Å². The first-order valence-electron chi connectivity index (χ1n) is 7.71. The predicted molar refractivity (Wildman–Crippen MR) is 79.4 cm³/mol. The zero-order chi connectivity index (χ0) is 14.1. The molecule has 0 aromatic carbocycles. The van der Waals surface area contributed by atoms with Crippen molar-refractivity contribution in [2.24, 2.45) is 5.41 Å². The molecule has 4 heteroatoms. The van der Waals surface area contributed by atoms with Gasteiger partial charge in [0.1, 0.15) is 0 Å². The molecule has 19 heavy (non-hydrogen) atoms. The van der Waals surface area contributed by atoms with E-state index in [1.807, 2.05) is 0 Å². The fourth-order valence-electron chi connectivity index (χ4n) is 2.40. The molecule has 1 unspecified atom stereocenters. The molecular formula is C15H32N2O2. The van der Waals surface area contributed by atoms with E-state index in [2.05, 4.69) is 31.1 Å². The van der Waals surface area contributed by atoms with Crippen LogP contribution in [0.25, 0.3) is 0 Å². The lowest BCUT2D eigenvalue weighted by Crippen LogP contribution is -2.44. The molecule has 0 bridgehead atoms. The lowest BCUT2D eigenvalue weighted by atomic mass is 9.80. The number of rotatable bonds is 9. The smallest absolute Gasteiger partial charge is 0.0897 e. The molecule has 1 heterocycles. The topological polar surface area (TPSA) is 44.7 Å². The lowest BCUT2D eigenvalue weighted by molar-refractivity contribution is 0.0333. The summed E-state index contributed by atoms with van der Waals surface area (Å²) in [5.41, 5.74) is 0.384. The van der Waals surface area contributed by atoms with Crippen molar-refractivity contribution in [2.45, 2.75) is 45.6 Å². The molecule has 1 fully saturated rings. The van der Waals surface area contributed by atoms with Crippen LogP contribution < -0.4 is 5.32 Å². The van der Waals surface area contributed by atoms with Gasteiger partial charge in [-0.25, -0.2) is 0 Å². The second-order valence-electron chi connectivity index (χ2n) is 6.33. The minimum Gasteiger partial charge on any atom is -0.389 e. The number of hydrogen-bond acceptors (Lipinski definition) is 4. The summed E-state index contributed by atoms with van der Waals surface area (Å²) >= 11 is 0. The number of piperidine rings is 1. The van der Waals surface area contributed by atoms with Gasteiger partial charge in [0.2, 0.25) is 0 Å². The second-order valence-corrected chi connectivity index (χ2v) is 6.33. The van der Waals surface area contributed by atoms with Gasteiger partial charge in [-0.15, -0.1) is 0 Å². The number of aliphatic hydroxyl groups is 1. The molecule has 1 rings (SSSR count). The Morgan fingerprint density at radius 2 is 2.05 bits per heavy atom. The van der Waals surface area contributed by atoms with Crippen molar-refractivity contribution in [3.8, 4) is 0 Å². The minimum absolute atomic E-state index is 0.383. The molecule has 114 valence electrons. The number of nitrogens with zero attached hydrogens (tertiary/aromatic N) is 1. The lowest BCUT2D eigenvalue weighted by Gasteiger charge is -2.38. The van der Waals surface area contributed by atoms with E-state index >= 15 is 0 Å². The molecule has 0 aromatic rings. The number of likely N-dealkylation sites (tertiary alicyclic amines) is 1. The Balaban J connectivity index is 2.05. The van der Waals surface area contributed by atoms with Crippen molar-refractivity contribution in [1.82, 2.24) is 10.2 Å². The van der Waals surface area contributed by atoms with Crippen LogP contribution in [-0.4, -0.2) is 62.6 Å². The van der Waals surface area contributed by atoms with Gasteiger partial charge in [0, 0.05) is 19.7 Å². The zero-order valence-corrected chi connectivity index (χ0v) is 13.0. The maximum absolute atomic E-state index is 9.81. The van der Waals surface area contributed by atoms with Crippen LogP contribution in [0.2, 0.25) is 0 Å². The SMILES string of the molecule is CCCCOCC(O)CNCC1(C)CCN(C)CC1. The molecule has 1 saturated heterocycles. The fraction of sp³-hybridized carbons (Fsp3) is 1.00. The largest absolute Gasteiger partial charge is 0.389 e. The average Bonchev–Trinajstić information content (AvgIpc) is 2.39. The molecule has 0 spiro atoms. The summed E-state index contributed by atoms with van der Waals surface area (Å²) in [6, 6.07) is 0. The van der Waals surface area contributed by atoms with Gasteiger partial charge in [-0.3, -0.25) is 0 Å². The van der Waals surface area contributed by atoms with Crippen LogP contribution in [-0.2, 0) is 4.74 Å². The number of aliphatic hydroxyl groups excluding tert-OH is 1. The summed E-state index contributed by atoms with van der Waals surface area (Å²) in [6.07, 6.45) is 4.30. The van der Waals surface area contributed by atoms with Crippen molar-refractivity contribution < 1.29 is 9.84 Å². The third kappa shape index (κ3) is 7.25. The minimum atomic E-state index is -0.383. The van der Waals surface area contributed by atoms with Crippen molar-refractivity contribution in [2.75, 3.05) is 46.4 Å². The Morgan fingerprint density at radius 1 is 1.37 bits per heavy atom. The highest BCUT2D eigenvalue weighted by atomic mass is 16.5. The maximum Gasteiger partial charge on any atom is 0.0897 e. The Labute approximate surface area is 118 Å². The van der Waals surface area contributed by atoms with Gasteiger partial charge in [0.05, 0.1) is 12.7 Å². The van der Waals surface area contributed by atoms with Crippen LogP contribution in [0.5, 0.6) is 0 Å². The van der Waals surface area contributed by atoms with Crippen molar-refractivity contribution in [1.29, 1.82) is 0 Å². The molecule has 0 amide bonds. The third-order valence-corrected chi connectivity index (χ3v) is 4.08. The van der Waals surface area contributed by atoms with Crippen LogP contribution in [0.15, 0.2) is 0 Å². The third-order valence-electron chi connectivity index (χ3n) is 4.08. The highest BCUT2D eigenvalue weighted by Gasteiger charge is 2.28. The number of nitrogens with one attached hydrogen (secondary N) is 1. The summed E-state index contributed by atoms with van der Waals surface area (Å²) in [4.78, 5) is 2.39. The van der Waals surface area contributed by atoms with E-state index in [0.29, 0.717) is 18.6 Å². The average molecular weight is 272 g/mol. The summed E-state index contributed by atoms with van der Waals surface area (Å²) in [7, 11) is 2.18. The molecule has 0 aromatic heterocycles. The quantitative estimate of drug-likeness (QED) is 0.624. The van der Waals surface area contributed by atoms with Gasteiger partial charge in [0.15, 0.2) is 0 Å². The molecule has 1 aliphatic rings. The van der Waals surface area contributed by atoms with Crippen LogP contribution in [0.1, 0.15) is 39.5 Å². The van der Waals surface area contributed by atoms with E-state index in [-0.39, 0.29) is 6.10 Å². The summed E-state index contributed by atoms with van der Waals surface area (Å²) in [6.45, 7) is 9.69. The molecule has 0 saturated carbocycles. The Bertz CT molecular complexity index is 228. The van der Waals surface area contributed by atoms with Crippen LogP contribution >= 0.6 is 0 Å². The Morgan fingerprint density at radius 3 is 2.68 bits per heavy atom. The zero-order valence-electron chi connectivity index (χ0n) is 13.0. The number of ether oxygens (including phenoxy) is 1. The normalized spacial score (nSPS) is 21.5. The van der Waals surface area contributed by atoms with E-state index in [1.165, 1.54) is 25.9 Å². The van der Waals surface area contributed by atoms with E-state index in [4.69, 9.17) is 4.74 Å². The monoisotopic (exact) mass is 272 g/mol. The van der Waals surface area contributed by atoms with Gasteiger partial charge in [0.25, 0.3) is 0 Å². The predicted octanol–water partition coefficient (Wildman–Crippen LogP) is 1.49. The number of hydrogen-bond donors (Lipinski definition) is 2. The molecule has 0 aliphatic carbocycles. The molecule has 1 aliphatic heterocycles.